The van der Waals surface area contributed by atoms with E-state index in [-0.39, 0.29) is 0 Å². The van der Waals surface area contributed by atoms with Gasteiger partial charge in [-0.2, -0.15) is 0 Å². The van der Waals surface area contributed by atoms with Gasteiger partial charge in [0.15, 0.2) is 17.5 Å². The van der Waals surface area contributed by atoms with Crippen molar-refractivity contribution < 1.29 is 8.83 Å². The van der Waals surface area contributed by atoms with Crippen LogP contribution < -0.4 is 0 Å². The molecule has 0 saturated heterocycles. The van der Waals surface area contributed by atoms with E-state index >= 15 is 0 Å². The highest BCUT2D eigenvalue weighted by atomic mass is 32.1. The van der Waals surface area contributed by atoms with Gasteiger partial charge in [0.2, 0.25) is 0 Å². The molecule has 57 heavy (non-hydrogen) atoms. The van der Waals surface area contributed by atoms with E-state index in [0.29, 0.717) is 17.5 Å². The molecule has 0 atom stereocenters. The van der Waals surface area contributed by atoms with Crippen molar-refractivity contribution in [3.8, 4) is 56.4 Å². The molecule has 0 aliphatic carbocycles. The Balaban J connectivity index is 0.918. The standard InChI is InChI=1S/C51H29N3O2S/c1-2-10-32(11-3-1)49-52-50(54-51(53-49)39-17-9-16-38-37-15-5-7-19-47(37)57-48(38)39)35-13-8-12-33(26-35)30-20-22-31(23-21-30)34-24-25-44-40(27-34)42-28-41-36-14-4-6-18-43(36)55-45(41)29-46(42)56-44/h1-29H. The lowest BCUT2D eigenvalue weighted by molar-refractivity contribution is 0.656. The molecule has 12 rings (SSSR count). The van der Waals surface area contributed by atoms with Crippen molar-refractivity contribution in [2.24, 2.45) is 0 Å². The van der Waals surface area contributed by atoms with E-state index in [1.165, 1.54) is 20.2 Å². The molecule has 0 bridgehead atoms. The van der Waals surface area contributed by atoms with E-state index in [9.17, 15) is 0 Å². The predicted octanol–water partition coefficient (Wildman–Crippen LogP) is 14.4. The first-order valence-electron chi connectivity index (χ1n) is 18.9. The van der Waals surface area contributed by atoms with Gasteiger partial charge in [0.1, 0.15) is 22.3 Å². The smallest absolute Gasteiger partial charge is 0.165 e. The first-order valence-corrected chi connectivity index (χ1v) is 19.7. The molecule has 266 valence electrons. The molecule has 0 N–H and O–H groups in total. The van der Waals surface area contributed by atoms with Gasteiger partial charge in [0.25, 0.3) is 0 Å². The third kappa shape index (κ3) is 5.26. The molecule has 0 aliphatic heterocycles. The summed E-state index contributed by atoms with van der Waals surface area (Å²) in [7, 11) is 0. The third-order valence-corrected chi connectivity index (χ3v) is 12.2. The number of para-hydroxylation sites is 1. The zero-order valence-corrected chi connectivity index (χ0v) is 31.1. The van der Waals surface area contributed by atoms with Crippen LogP contribution in [-0.4, -0.2) is 15.0 Å². The summed E-state index contributed by atoms with van der Waals surface area (Å²) < 4.78 is 14.8. The molecule has 0 radical (unpaired) electrons. The zero-order chi connectivity index (χ0) is 37.5. The van der Waals surface area contributed by atoms with Crippen LogP contribution in [0.15, 0.2) is 185 Å². The van der Waals surface area contributed by atoms with Gasteiger partial charge in [-0.05, 0) is 64.7 Å². The number of benzene rings is 8. The molecule has 0 aliphatic rings. The van der Waals surface area contributed by atoms with Crippen molar-refractivity contribution in [2.45, 2.75) is 0 Å². The summed E-state index contributed by atoms with van der Waals surface area (Å²) in [5.74, 6) is 1.95. The van der Waals surface area contributed by atoms with Crippen molar-refractivity contribution >= 4 is 75.4 Å². The normalized spacial score (nSPS) is 11.9. The molecule has 4 heterocycles. The Morgan fingerprint density at radius 3 is 1.70 bits per heavy atom. The number of thiophene rings is 1. The summed E-state index contributed by atoms with van der Waals surface area (Å²) >= 11 is 1.78. The fourth-order valence-corrected chi connectivity index (χ4v) is 9.34. The minimum atomic E-state index is 0.636. The molecule has 6 heteroatoms. The molecule has 12 aromatic rings. The van der Waals surface area contributed by atoms with E-state index < -0.39 is 0 Å². The second-order valence-electron chi connectivity index (χ2n) is 14.4. The first kappa shape index (κ1) is 31.9. The van der Waals surface area contributed by atoms with Gasteiger partial charge < -0.3 is 8.83 Å². The van der Waals surface area contributed by atoms with Gasteiger partial charge in [0.05, 0.1) is 0 Å². The van der Waals surface area contributed by atoms with Gasteiger partial charge in [-0.15, -0.1) is 11.3 Å². The van der Waals surface area contributed by atoms with Gasteiger partial charge in [-0.3, -0.25) is 0 Å². The second kappa shape index (κ2) is 12.6. The molecular formula is C51H29N3O2S. The minimum Gasteiger partial charge on any atom is -0.456 e. The minimum absolute atomic E-state index is 0.636. The number of hydrogen-bond acceptors (Lipinski definition) is 6. The Kier molecular flexibility index (Phi) is 7.03. The van der Waals surface area contributed by atoms with Gasteiger partial charge in [-0.25, -0.2) is 15.0 Å². The SMILES string of the molecule is c1ccc(-c2nc(-c3cccc(-c4ccc(-c5ccc6oc7cc8oc9ccccc9c8cc7c6c5)cc4)c3)nc(-c3cccc4c3sc3ccccc34)n2)cc1. The van der Waals surface area contributed by atoms with Crippen LogP contribution in [0, 0.1) is 0 Å². The Hall–Kier alpha value is -7.41. The van der Waals surface area contributed by atoms with E-state index in [1.807, 2.05) is 54.6 Å². The first-order chi connectivity index (χ1) is 28.2. The highest BCUT2D eigenvalue weighted by Crippen LogP contribution is 2.41. The maximum Gasteiger partial charge on any atom is 0.165 e. The topological polar surface area (TPSA) is 65.0 Å². The summed E-state index contributed by atoms with van der Waals surface area (Å²) in [6, 6.07) is 61.1. The quantitative estimate of drug-likeness (QED) is 0.175. The Morgan fingerprint density at radius 1 is 0.316 bits per heavy atom. The summed E-state index contributed by atoms with van der Waals surface area (Å²) in [4.78, 5) is 15.3. The van der Waals surface area contributed by atoms with Crippen molar-refractivity contribution in [2.75, 3.05) is 0 Å². The highest BCUT2D eigenvalue weighted by Gasteiger charge is 2.18. The number of fused-ring (bicyclic) bond motifs is 9. The van der Waals surface area contributed by atoms with E-state index in [1.54, 1.807) is 11.3 Å². The summed E-state index contributed by atoms with van der Waals surface area (Å²) in [5, 5.41) is 6.83. The van der Waals surface area contributed by atoms with Gasteiger partial charge in [0, 0.05) is 64.5 Å². The summed E-state index contributed by atoms with van der Waals surface area (Å²) in [6.45, 7) is 0. The Labute approximate surface area is 330 Å². The molecule has 0 unspecified atom stereocenters. The lowest BCUT2D eigenvalue weighted by atomic mass is 9.98. The molecule has 4 aromatic heterocycles. The number of aromatic nitrogens is 3. The van der Waals surface area contributed by atoms with Crippen LogP contribution in [0.4, 0.5) is 0 Å². The molecule has 0 fully saturated rings. The molecular weight excluding hydrogens is 719 g/mol. The zero-order valence-electron chi connectivity index (χ0n) is 30.3. The number of furan rings is 2. The molecule has 8 aromatic carbocycles. The van der Waals surface area contributed by atoms with Crippen molar-refractivity contribution in [3.63, 3.8) is 0 Å². The Morgan fingerprint density at radius 2 is 0.877 bits per heavy atom. The maximum atomic E-state index is 6.29. The van der Waals surface area contributed by atoms with Crippen molar-refractivity contribution in [1.82, 2.24) is 15.0 Å². The average molecular weight is 748 g/mol. The fraction of sp³-hybridized carbons (Fsp3) is 0. The monoisotopic (exact) mass is 747 g/mol. The summed E-state index contributed by atoms with van der Waals surface area (Å²) in [6.07, 6.45) is 0. The number of hydrogen-bond donors (Lipinski definition) is 0. The van der Waals surface area contributed by atoms with Crippen LogP contribution in [0.3, 0.4) is 0 Å². The molecule has 5 nitrogen and oxygen atoms in total. The lowest BCUT2D eigenvalue weighted by Gasteiger charge is -2.10. The van der Waals surface area contributed by atoms with E-state index in [0.717, 1.165) is 82.8 Å². The maximum absolute atomic E-state index is 6.29. The van der Waals surface area contributed by atoms with Crippen LogP contribution in [0.5, 0.6) is 0 Å². The van der Waals surface area contributed by atoms with Crippen LogP contribution in [0.2, 0.25) is 0 Å². The van der Waals surface area contributed by atoms with Crippen LogP contribution in [0.1, 0.15) is 0 Å². The number of nitrogens with zero attached hydrogens (tertiary/aromatic N) is 3. The lowest BCUT2D eigenvalue weighted by Crippen LogP contribution is -2.00. The molecule has 0 saturated carbocycles. The van der Waals surface area contributed by atoms with Crippen molar-refractivity contribution in [3.05, 3.63) is 176 Å². The Bertz CT molecular complexity index is 3530. The van der Waals surface area contributed by atoms with Crippen LogP contribution in [0.25, 0.3) is 120 Å². The predicted molar refractivity (Wildman–Crippen MR) is 234 cm³/mol. The van der Waals surface area contributed by atoms with E-state index in [2.05, 4.69) is 121 Å². The number of rotatable bonds is 5. The summed E-state index contributed by atoms with van der Waals surface area (Å²) in [5.41, 5.74) is 10.7. The fourth-order valence-electron chi connectivity index (χ4n) is 8.13. The largest absolute Gasteiger partial charge is 0.456 e. The molecule has 0 amide bonds. The third-order valence-electron chi connectivity index (χ3n) is 11.0. The second-order valence-corrected chi connectivity index (χ2v) is 15.4. The molecule has 0 spiro atoms. The van der Waals surface area contributed by atoms with Crippen molar-refractivity contribution in [1.29, 1.82) is 0 Å². The van der Waals surface area contributed by atoms with Crippen LogP contribution in [-0.2, 0) is 0 Å². The van der Waals surface area contributed by atoms with Gasteiger partial charge in [-0.1, -0.05) is 127 Å². The average Bonchev–Trinajstić information content (AvgIpc) is 3.96. The van der Waals surface area contributed by atoms with E-state index in [4.69, 9.17) is 23.8 Å². The highest BCUT2D eigenvalue weighted by molar-refractivity contribution is 7.26. The van der Waals surface area contributed by atoms with Gasteiger partial charge >= 0.3 is 0 Å². The van der Waals surface area contributed by atoms with Crippen LogP contribution >= 0.6 is 11.3 Å².